The van der Waals surface area contributed by atoms with Gasteiger partial charge in [0.25, 0.3) is 0 Å². The number of aliphatic imine (C=N–C) groups is 1. The molecule has 5 heteroatoms. The maximum absolute atomic E-state index is 8.46. The zero-order chi connectivity index (χ0) is 12.8. The predicted molar refractivity (Wildman–Crippen MR) is 72.9 cm³/mol. The first-order valence-corrected chi connectivity index (χ1v) is 6.08. The van der Waals surface area contributed by atoms with Crippen molar-refractivity contribution in [3.8, 4) is 0 Å². The zero-order valence-electron chi connectivity index (χ0n) is 10.4. The van der Waals surface area contributed by atoms with E-state index in [-0.39, 0.29) is 6.04 Å². The van der Waals surface area contributed by atoms with E-state index in [0.717, 1.165) is 30.8 Å². The Morgan fingerprint density at radius 1 is 1.56 bits per heavy atom. The lowest BCUT2D eigenvalue weighted by atomic mass is 10.0. The standard InChI is InChI=1S/C13H18N4O/c1-10-13(15-8-12(17-10)9-16-18)5-4-11-3-2-6-14-7-11/h2-3,6,8-10,14,17-18H,4-5,7H2,1H3/b16-9-. The van der Waals surface area contributed by atoms with Crippen LogP contribution in [0.15, 0.2) is 46.0 Å². The Bertz CT molecular complexity index is 446. The van der Waals surface area contributed by atoms with E-state index < -0.39 is 0 Å². The fourth-order valence-corrected chi connectivity index (χ4v) is 2.01. The Labute approximate surface area is 107 Å². The molecule has 2 aliphatic heterocycles. The molecule has 3 N–H and O–H groups in total. The lowest BCUT2D eigenvalue weighted by molar-refractivity contribution is 0.321. The molecule has 5 nitrogen and oxygen atoms in total. The molecule has 2 heterocycles. The molecule has 1 unspecified atom stereocenters. The Kier molecular flexibility index (Phi) is 4.17. The van der Waals surface area contributed by atoms with Crippen LogP contribution in [-0.2, 0) is 0 Å². The summed E-state index contributed by atoms with van der Waals surface area (Å²) in [5.41, 5.74) is 3.25. The molecule has 1 atom stereocenters. The molecule has 0 amide bonds. The van der Waals surface area contributed by atoms with Crippen molar-refractivity contribution in [3.63, 3.8) is 0 Å². The average Bonchev–Trinajstić information content (AvgIpc) is 2.39. The highest BCUT2D eigenvalue weighted by Gasteiger charge is 2.15. The van der Waals surface area contributed by atoms with Crippen molar-refractivity contribution in [2.45, 2.75) is 25.8 Å². The van der Waals surface area contributed by atoms with Crippen LogP contribution in [0.1, 0.15) is 19.8 Å². The molecular formula is C13H18N4O. The topological polar surface area (TPSA) is 69.0 Å². The van der Waals surface area contributed by atoms with Crippen molar-refractivity contribution >= 4 is 11.9 Å². The molecule has 0 saturated heterocycles. The van der Waals surface area contributed by atoms with Gasteiger partial charge in [0.2, 0.25) is 0 Å². The van der Waals surface area contributed by atoms with Gasteiger partial charge in [0, 0.05) is 12.3 Å². The molecule has 0 radical (unpaired) electrons. The van der Waals surface area contributed by atoms with Crippen LogP contribution in [0.2, 0.25) is 0 Å². The van der Waals surface area contributed by atoms with E-state index in [0.29, 0.717) is 0 Å². The number of rotatable bonds is 4. The Morgan fingerprint density at radius 2 is 2.44 bits per heavy atom. The average molecular weight is 246 g/mol. The van der Waals surface area contributed by atoms with E-state index in [2.05, 4.69) is 33.8 Å². The molecule has 0 fully saturated rings. The summed E-state index contributed by atoms with van der Waals surface area (Å²) in [6, 6.07) is 0.177. The quantitative estimate of drug-likeness (QED) is 0.400. The lowest BCUT2D eigenvalue weighted by Gasteiger charge is -2.22. The molecule has 0 saturated carbocycles. The summed E-state index contributed by atoms with van der Waals surface area (Å²) in [6.45, 7) is 2.98. The fourth-order valence-electron chi connectivity index (χ4n) is 2.01. The highest BCUT2D eigenvalue weighted by Crippen LogP contribution is 2.12. The van der Waals surface area contributed by atoms with Crippen molar-refractivity contribution in [1.82, 2.24) is 10.6 Å². The van der Waals surface area contributed by atoms with Gasteiger partial charge in [-0.15, -0.1) is 0 Å². The van der Waals surface area contributed by atoms with Gasteiger partial charge in [-0.3, -0.25) is 4.99 Å². The minimum atomic E-state index is 0.177. The van der Waals surface area contributed by atoms with Crippen molar-refractivity contribution < 1.29 is 5.21 Å². The fraction of sp³-hybridized carbons (Fsp3) is 0.385. The van der Waals surface area contributed by atoms with E-state index in [1.54, 1.807) is 6.20 Å². The molecule has 18 heavy (non-hydrogen) atoms. The van der Waals surface area contributed by atoms with Crippen LogP contribution in [-0.4, -0.2) is 29.7 Å². The number of nitrogens with one attached hydrogen (secondary N) is 2. The van der Waals surface area contributed by atoms with Gasteiger partial charge in [-0.05, 0) is 32.0 Å². The Hall–Kier alpha value is -2.04. The molecule has 96 valence electrons. The molecular weight excluding hydrogens is 228 g/mol. The van der Waals surface area contributed by atoms with Gasteiger partial charge < -0.3 is 15.8 Å². The molecule has 0 aromatic heterocycles. The maximum atomic E-state index is 8.46. The van der Waals surface area contributed by atoms with E-state index >= 15 is 0 Å². The smallest absolute Gasteiger partial charge is 0.0908 e. The van der Waals surface area contributed by atoms with Crippen molar-refractivity contribution in [3.05, 3.63) is 35.8 Å². The highest BCUT2D eigenvalue weighted by atomic mass is 16.4. The summed E-state index contributed by atoms with van der Waals surface area (Å²) < 4.78 is 0. The van der Waals surface area contributed by atoms with Crippen LogP contribution >= 0.6 is 0 Å². The summed E-state index contributed by atoms with van der Waals surface area (Å²) in [5.74, 6) is 0. The SMILES string of the molecule is CC1NC(/C=N\O)=CN=C1CCC1=CC=CNC1. The second kappa shape index (κ2) is 6.05. The normalized spacial score (nSPS) is 22.9. The monoisotopic (exact) mass is 246 g/mol. The summed E-state index contributed by atoms with van der Waals surface area (Å²) in [4.78, 5) is 4.42. The van der Waals surface area contributed by atoms with E-state index in [4.69, 9.17) is 5.21 Å². The van der Waals surface area contributed by atoms with Gasteiger partial charge in [-0.25, -0.2) is 0 Å². The third kappa shape index (κ3) is 3.23. The first kappa shape index (κ1) is 12.4. The van der Waals surface area contributed by atoms with Gasteiger partial charge in [0.05, 0.1) is 24.2 Å². The summed E-state index contributed by atoms with van der Waals surface area (Å²) >= 11 is 0. The summed E-state index contributed by atoms with van der Waals surface area (Å²) in [6.07, 6.45) is 11.1. The van der Waals surface area contributed by atoms with E-state index in [1.165, 1.54) is 11.8 Å². The van der Waals surface area contributed by atoms with E-state index in [1.807, 2.05) is 12.3 Å². The number of dihydropyridines is 1. The first-order chi connectivity index (χ1) is 8.79. The van der Waals surface area contributed by atoms with Crippen LogP contribution in [0, 0.1) is 0 Å². The van der Waals surface area contributed by atoms with Crippen LogP contribution in [0.3, 0.4) is 0 Å². The highest BCUT2D eigenvalue weighted by molar-refractivity contribution is 5.93. The van der Waals surface area contributed by atoms with Crippen molar-refractivity contribution in [2.24, 2.45) is 10.1 Å². The van der Waals surface area contributed by atoms with Gasteiger partial charge >= 0.3 is 0 Å². The van der Waals surface area contributed by atoms with Crippen LogP contribution in [0.4, 0.5) is 0 Å². The van der Waals surface area contributed by atoms with Crippen LogP contribution in [0.25, 0.3) is 0 Å². The van der Waals surface area contributed by atoms with Gasteiger partial charge in [-0.2, -0.15) is 0 Å². The Balaban J connectivity index is 1.93. The first-order valence-electron chi connectivity index (χ1n) is 6.08. The van der Waals surface area contributed by atoms with E-state index in [9.17, 15) is 0 Å². The second-order valence-electron chi connectivity index (χ2n) is 4.38. The minimum absolute atomic E-state index is 0.177. The lowest BCUT2D eigenvalue weighted by Crippen LogP contribution is -2.36. The zero-order valence-corrected chi connectivity index (χ0v) is 10.4. The minimum Gasteiger partial charge on any atom is -0.411 e. The molecule has 0 bridgehead atoms. The summed E-state index contributed by atoms with van der Waals surface area (Å²) in [5, 5.41) is 17.9. The van der Waals surface area contributed by atoms with Gasteiger partial charge in [0.15, 0.2) is 0 Å². The predicted octanol–water partition coefficient (Wildman–Crippen LogP) is 1.54. The van der Waals surface area contributed by atoms with Crippen molar-refractivity contribution in [1.29, 1.82) is 0 Å². The number of nitrogens with zero attached hydrogens (tertiary/aromatic N) is 2. The molecule has 2 rings (SSSR count). The Morgan fingerprint density at radius 3 is 3.11 bits per heavy atom. The third-order valence-corrected chi connectivity index (χ3v) is 3.03. The van der Waals surface area contributed by atoms with Gasteiger partial charge in [0.1, 0.15) is 0 Å². The van der Waals surface area contributed by atoms with Crippen molar-refractivity contribution in [2.75, 3.05) is 6.54 Å². The van der Waals surface area contributed by atoms with Crippen LogP contribution in [0.5, 0.6) is 0 Å². The maximum Gasteiger partial charge on any atom is 0.0908 e. The van der Waals surface area contributed by atoms with Crippen LogP contribution < -0.4 is 10.6 Å². The largest absolute Gasteiger partial charge is 0.411 e. The molecule has 2 aliphatic rings. The number of hydrogen-bond acceptors (Lipinski definition) is 5. The number of allylic oxidation sites excluding steroid dienone is 3. The number of oxime groups is 1. The third-order valence-electron chi connectivity index (χ3n) is 3.03. The molecule has 0 aliphatic carbocycles. The van der Waals surface area contributed by atoms with Gasteiger partial charge in [-0.1, -0.05) is 16.8 Å². The number of hydrogen-bond donors (Lipinski definition) is 3. The molecule has 0 aromatic carbocycles. The second-order valence-corrected chi connectivity index (χ2v) is 4.38. The molecule has 0 aromatic rings. The molecule has 0 spiro atoms. The summed E-state index contributed by atoms with van der Waals surface area (Å²) in [7, 11) is 0.